The number of carbonyl (C=O) groups excluding carboxylic acids is 1. The molecule has 2 atom stereocenters. The lowest BCUT2D eigenvalue weighted by molar-refractivity contribution is -0.119. The molecule has 0 radical (unpaired) electrons. The van der Waals surface area contributed by atoms with Gasteiger partial charge in [-0.3, -0.25) is 4.79 Å². The summed E-state index contributed by atoms with van der Waals surface area (Å²) in [6, 6.07) is 4.71. The van der Waals surface area contributed by atoms with Gasteiger partial charge in [0.1, 0.15) is 10.6 Å². The first-order valence-corrected chi connectivity index (χ1v) is 13.7. The summed E-state index contributed by atoms with van der Waals surface area (Å²) in [7, 11) is -2.43. The van der Waals surface area contributed by atoms with Crippen LogP contribution in [0.4, 0.5) is 5.13 Å². The summed E-state index contributed by atoms with van der Waals surface area (Å²) in [5.74, 6) is 0.295. The lowest BCUT2D eigenvalue weighted by Crippen LogP contribution is -2.39. The SMILES string of the molecule is COc1ccc(-c2sc(NC(=O)C3CCCC3)nc2C)cc1S(=O)(=O)NC1CCCC(O)C1. The second kappa shape index (κ2) is 10.1. The van der Waals surface area contributed by atoms with Crippen molar-refractivity contribution in [2.24, 2.45) is 5.92 Å². The summed E-state index contributed by atoms with van der Waals surface area (Å²) in [6.07, 6.45) is 6.06. The molecule has 2 saturated carbocycles. The highest BCUT2D eigenvalue weighted by Crippen LogP contribution is 2.37. The van der Waals surface area contributed by atoms with Crippen molar-refractivity contribution in [3.05, 3.63) is 23.9 Å². The van der Waals surface area contributed by atoms with Crippen molar-refractivity contribution in [3.8, 4) is 16.2 Å². The molecule has 2 fully saturated rings. The van der Waals surface area contributed by atoms with Crippen LogP contribution in [-0.4, -0.2) is 43.7 Å². The minimum absolute atomic E-state index is 0.00432. The van der Waals surface area contributed by atoms with Gasteiger partial charge < -0.3 is 15.2 Å². The first kappa shape index (κ1) is 24.1. The van der Waals surface area contributed by atoms with E-state index in [1.807, 2.05) is 6.92 Å². The number of rotatable bonds is 7. The van der Waals surface area contributed by atoms with E-state index in [-0.39, 0.29) is 28.5 Å². The molecule has 1 amide bonds. The van der Waals surface area contributed by atoms with Crippen LogP contribution in [0.2, 0.25) is 0 Å². The molecule has 4 rings (SSSR count). The second-order valence-corrected chi connectivity index (χ2v) is 11.6. The Kier molecular flexibility index (Phi) is 7.37. The third-order valence-corrected chi connectivity index (χ3v) is 9.10. The van der Waals surface area contributed by atoms with Crippen molar-refractivity contribution in [2.75, 3.05) is 12.4 Å². The number of aliphatic hydroxyl groups is 1. The molecular formula is C23H31N3O5S2. The fourth-order valence-corrected chi connectivity index (χ4v) is 7.14. The molecule has 0 saturated heterocycles. The minimum Gasteiger partial charge on any atom is -0.495 e. The summed E-state index contributed by atoms with van der Waals surface area (Å²) < 4.78 is 34.5. The topological polar surface area (TPSA) is 118 Å². The number of thiazole rings is 1. The van der Waals surface area contributed by atoms with Gasteiger partial charge in [-0.1, -0.05) is 24.2 Å². The average Bonchev–Trinajstić information content (AvgIpc) is 3.43. The molecule has 2 aliphatic rings. The number of nitrogens with zero attached hydrogens (tertiary/aromatic N) is 1. The molecule has 0 bridgehead atoms. The molecule has 1 aromatic carbocycles. The summed E-state index contributed by atoms with van der Waals surface area (Å²) >= 11 is 1.34. The maximum absolute atomic E-state index is 13.2. The van der Waals surface area contributed by atoms with Gasteiger partial charge in [0, 0.05) is 12.0 Å². The normalized spacial score (nSPS) is 21.8. The van der Waals surface area contributed by atoms with Crippen LogP contribution in [0.1, 0.15) is 57.1 Å². The van der Waals surface area contributed by atoms with Gasteiger partial charge in [0.2, 0.25) is 15.9 Å². The maximum atomic E-state index is 13.2. The standard InChI is InChI=1S/C23H31N3O5S2/c1-14-21(32-23(24-14)25-22(28)15-6-3-4-7-15)16-10-11-19(31-2)20(12-16)33(29,30)26-17-8-5-9-18(27)13-17/h10-12,15,17-18,26-27H,3-9,13H2,1-2H3,(H,24,25,28). The largest absolute Gasteiger partial charge is 0.495 e. The van der Waals surface area contributed by atoms with E-state index in [9.17, 15) is 18.3 Å². The van der Waals surface area contributed by atoms with E-state index >= 15 is 0 Å². The summed E-state index contributed by atoms with van der Waals surface area (Å²) in [6.45, 7) is 1.84. The van der Waals surface area contributed by atoms with Gasteiger partial charge in [-0.05, 0) is 69.2 Å². The van der Waals surface area contributed by atoms with Crippen molar-refractivity contribution in [1.29, 1.82) is 0 Å². The number of sulfonamides is 1. The second-order valence-electron chi connectivity index (χ2n) is 8.91. The Labute approximate surface area is 198 Å². The van der Waals surface area contributed by atoms with Gasteiger partial charge in [-0.15, -0.1) is 0 Å². The van der Waals surface area contributed by atoms with Crippen LogP contribution in [0.25, 0.3) is 10.4 Å². The zero-order chi connectivity index (χ0) is 23.6. The van der Waals surface area contributed by atoms with Crippen LogP contribution in [-0.2, 0) is 14.8 Å². The van der Waals surface area contributed by atoms with E-state index in [1.54, 1.807) is 18.2 Å². The van der Waals surface area contributed by atoms with Crippen LogP contribution in [0.5, 0.6) is 5.75 Å². The third kappa shape index (κ3) is 5.56. The quantitative estimate of drug-likeness (QED) is 0.539. The fraction of sp³-hybridized carbons (Fsp3) is 0.565. The van der Waals surface area contributed by atoms with Gasteiger partial charge in [0.15, 0.2) is 5.13 Å². The fourth-order valence-electron chi connectivity index (χ4n) is 4.70. The van der Waals surface area contributed by atoms with Gasteiger partial charge in [0.05, 0.1) is 23.8 Å². The van der Waals surface area contributed by atoms with Crippen molar-refractivity contribution in [2.45, 2.75) is 75.3 Å². The zero-order valence-electron chi connectivity index (χ0n) is 19.0. The number of aliphatic hydroxyl groups excluding tert-OH is 1. The van der Waals surface area contributed by atoms with Crippen molar-refractivity contribution in [3.63, 3.8) is 0 Å². The smallest absolute Gasteiger partial charge is 0.244 e. The first-order valence-electron chi connectivity index (χ1n) is 11.4. The number of hydrogen-bond acceptors (Lipinski definition) is 7. The Hall–Kier alpha value is -2.01. The predicted molar refractivity (Wildman–Crippen MR) is 128 cm³/mol. The number of carbonyl (C=O) groups is 1. The van der Waals surface area contributed by atoms with Crippen LogP contribution in [0, 0.1) is 12.8 Å². The Bertz CT molecular complexity index is 1110. The van der Waals surface area contributed by atoms with Crippen molar-refractivity contribution in [1.82, 2.24) is 9.71 Å². The Balaban J connectivity index is 1.58. The zero-order valence-corrected chi connectivity index (χ0v) is 20.6. The number of anilines is 1. The number of benzene rings is 1. The average molecular weight is 494 g/mol. The molecule has 180 valence electrons. The van der Waals surface area contributed by atoms with E-state index in [2.05, 4.69) is 15.0 Å². The highest BCUT2D eigenvalue weighted by Gasteiger charge is 2.28. The van der Waals surface area contributed by atoms with Gasteiger partial charge in [-0.2, -0.15) is 0 Å². The molecule has 1 heterocycles. The maximum Gasteiger partial charge on any atom is 0.244 e. The summed E-state index contributed by atoms with van der Waals surface area (Å²) in [4.78, 5) is 17.8. The lowest BCUT2D eigenvalue weighted by atomic mass is 9.94. The van der Waals surface area contributed by atoms with Gasteiger partial charge in [-0.25, -0.2) is 18.1 Å². The van der Waals surface area contributed by atoms with E-state index in [1.165, 1.54) is 18.4 Å². The predicted octanol–water partition coefficient (Wildman–Crippen LogP) is 3.84. The van der Waals surface area contributed by atoms with Crippen LogP contribution < -0.4 is 14.8 Å². The van der Waals surface area contributed by atoms with Gasteiger partial charge in [0.25, 0.3) is 0 Å². The first-order chi connectivity index (χ1) is 15.8. The van der Waals surface area contributed by atoms with Crippen molar-refractivity contribution >= 4 is 32.4 Å². The Morgan fingerprint density at radius 2 is 1.94 bits per heavy atom. The van der Waals surface area contributed by atoms with Crippen LogP contribution in [0.15, 0.2) is 23.1 Å². The molecule has 10 heteroatoms. The van der Waals surface area contributed by atoms with Crippen LogP contribution >= 0.6 is 11.3 Å². The highest BCUT2D eigenvalue weighted by molar-refractivity contribution is 7.89. The molecule has 1 aromatic heterocycles. The number of hydrogen-bond donors (Lipinski definition) is 3. The number of aromatic nitrogens is 1. The van der Waals surface area contributed by atoms with E-state index in [0.717, 1.165) is 42.7 Å². The molecular weight excluding hydrogens is 462 g/mol. The van der Waals surface area contributed by atoms with Crippen LogP contribution in [0.3, 0.4) is 0 Å². The molecule has 0 spiro atoms. The highest BCUT2D eigenvalue weighted by atomic mass is 32.2. The minimum atomic E-state index is -3.86. The molecule has 33 heavy (non-hydrogen) atoms. The van der Waals surface area contributed by atoms with E-state index in [0.29, 0.717) is 30.0 Å². The van der Waals surface area contributed by atoms with Crippen molar-refractivity contribution < 1.29 is 23.1 Å². The molecule has 3 N–H and O–H groups in total. The van der Waals surface area contributed by atoms with E-state index < -0.39 is 16.1 Å². The summed E-state index contributed by atoms with van der Waals surface area (Å²) in [5.41, 5.74) is 1.41. The number of ether oxygens (including phenoxy) is 1. The Morgan fingerprint density at radius 3 is 2.64 bits per heavy atom. The van der Waals surface area contributed by atoms with Gasteiger partial charge >= 0.3 is 0 Å². The lowest BCUT2D eigenvalue weighted by Gasteiger charge is -2.26. The number of methoxy groups -OCH3 is 1. The molecule has 2 unspecified atom stereocenters. The number of nitrogens with one attached hydrogen (secondary N) is 2. The molecule has 2 aromatic rings. The molecule has 0 aliphatic heterocycles. The van der Waals surface area contributed by atoms with E-state index in [4.69, 9.17) is 4.74 Å². The Morgan fingerprint density at radius 1 is 1.18 bits per heavy atom. The molecule has 2 aliphatic carbocycles. The number of amides is 1. The summed E-state index contributed by atoms with van der Waals surface area (Å²) in [5, 5.41) is 13.4. The number of aryl methyl sites for hydroxylation is 1. The monoisotopic (exact) mass is 493 g/mol. The molecule has 8 nitrogen and oxygen atoms in total. The third-order valence-electron chi connectivity index (χ3n) is 6.44.